The third-order valence-corrected chi connectivity index (χ3v) is 4.07. The first-order valence-corrected chi connectivity index (χ1v) is 6.80. The summed E-state index contributed by atoms with van der Waals surface area (Å²) in [6.07, 6.45) is 2.01. The summed E-state index contributed by atoms with van der Waals surface area (Å²) in [4.78, 5) is 12.0. The van der Waals surface area contributed by atoms with Crippen LogP contribution < -0.4 is 10.6 Å². The molecule has 1 aromatic carbocycles. The fraction of sp³-hybridized carbons (Fsp3) is 0.417. The predicted octanol–water partition coefficient (Wildman–Crippen LogP) is 3.04. The van der Waals surface area contributed by atoms with Gasteiger partial charge in [0.1, 0.15) is 0 Å². The minimum Gasteiger partial charge on any atom is -0.326 e. The van der Waals surface area contributed by atoms with Crippen molar-refractivity contribution in [2.45, 2.75) is 12.8 Å². The van der Waals surface area contributed by atoms with Crippen molar-refractivity contribution in [3.05, 3.63) is 27.7 Å². The van der Waals surface area contributed by atoms with Gasteiger partial charge in [-0.3, -0.25) is 4.79 Å². The molecule has 0 bridgehead atoms. The van der Waals surface area contributed by atoms with Gasteiger partial charge in [0.25, 0.3) is 0 Å². The summed E-state index contributed by atoms with van der Waals surface area (Å²) in [7, 11) is 0. The molecule has 3 nitrogen and oxygen atoms in total. The number of piperidine rings is 1. The highest BCUT2D eigenvalue weighted by Gasteiger charge is 2.20. The van der Waals surface area contributed by atoms with Crippen molar-refractivity contribution < 1.29 is 4.79 Å². The lowest BCUT2D eigenvalue weighted by atomic mass is 9.99. The molecule has 1 aliphatic heterocycles. The van der Waals surface area contributed by atoms with Crippen molar-refractivity contribution >= 4 is 39.1 Å². The fourth-order valence-corrected chi connectivity index (χ4v) is 2.39. The molecule has 5 heteroatoms. The molecule has 1 aliphatic rings. The minimum atomic E-state index is 0.0678. The van der Waals surface area contributed by atoms with Gasteiger partial charge < -0.3 is 10.6 Å². The molecular weight excluding hydrogens is 304 g/mol. The van der Waals surface area contributed by atoms with Crippen LogP contribution in [-0.2, 0) is 4.79 Å². The number of amides is 1. The number of anilines is 1. The molecule has 0 saturated carbocycles. The summed E-state index contributed by atoms with van der Waals surface area (Å²) in [6, 6.07) is 5.39. The molecule has 17 heavy (non-hydrogen) atoms. The third kappa shape index (κ3) is 3.44. The molecule has 0 spiro atoms. The van der Waals surface area contributed by atoms with E-state index in [0.29, 0.717) is 5.02 Å². The molecule has 2 N–H and O–H groups in total. The molecule has 1 aromatic rings. The quantitative estimate of drug-likeness (QED) is 0.880. The van der Waals surface area contributed by atoms with E-state index in [-0.39, 0.29) is 11.8 Å². The first-order valence-electron chi connectivity index (χ1n) is 5.63. The number of nitrogens with one attached hydrogen (secondary N) is 2. The summed E-state index contributed by atoms with van der Waals surface area (Å²) in [5.74, 6) is 0.143. The lowest BCUT2D eigenvalue weighted by Gasteiger charge is -2.21. The van der Waals surface area contributed by atoms with Crippen molar-refractivity contribution in [1.82, 2.24) is 5.32 Å². The lowest BCUT2D eigenvalue weighted by molar-refractivity contribution is -0.120. The summed E-state index contributed by atoms with van der Waals surface area (Å²) >= 11 is 9.23. The number of hydrogen-bond donors (Lipinski definition) is 2. The largest absolute Gasteiger partial charge is 0.326 e. The van der Waals surface area contributed by atoms with E-state index in [1.807, 2.05) is 6.07 Å². The van der Waals surface area contributed by atoms with Crippen LogP contribution in [0.15, 0.2) is 22.7 Å². The summed E-state index contributed by atoms with van der Waals surface area (Å²) in [5, 5.41) is 6.78. The normalized spacial score (nSPS) is 20.0. The van der Waals surface area contributed by atoms with E-state index in [0.717, 1.165) is 36.1 Å². The number of carbonyl (C=O) groups excluding carboxylic acids is 1. The first-order chi connectivity index (χ1) is 8.16. The highest BCUT2D eigenvalue weighted by molar-refractivity contribution is 9.10. The van der Waals surface area contributed by atoms with Gasteiger partial charge in [-0.15, -0.1) is 0 Å². The SMILES string of the molecule is O=C(Nc1ccc(Cl)c(Br)c1)[C@@H]1CCCNC1. The van der Waals surface area contributed by atoms with Gasteiger partial charge in [-0.25, -0.2) is 0 Å². The molecule has 1 heterocycles. The van der Waals surface area contributed by atoms with Crippen LogP contribution in [0.2, 0.25) is 5.02 Å². The summed E-state index contributed by atoms with van der Waals surface area (Å²) in [5.41, 5.74) is 0.775. The molecule has 92 valence electrons. The van der Waals surface area contributed by atoms with Crippen molar-refractivity contribution in [2.24, 2.45) is 5.92 Å². The van der Waals surface area contributed by atoms with Gasteiger partial charge >= 0.3 is 0 Å². The van der Waals surface area contributed by atoms with Crippen LogP contribution >= 0.6 is 27.5 Å². The Balaban J connectivity index is 1.99. The van der Waals surface area contributed by atoms with E-state index >= 15 is 0 Å². The standard InChI is InChI=1S/C12H14BrClN2O/c13-10-6-9(3-4-11(10)14)16-12(17)8-2-1-5-15-7-8/h3-4,6,8,15H,1-2,5,7H2,(H,16,17)/t8-/m1/s1. The van der Waals surface area contributed by atoms with Crippen LogP contribution in [0.4, 0.5) is 5.69 Å². The average molecular weight is 318 g/mol. The van der Waals surface area contributed by atoms with Gasteiger partial charge in [-0.1, -0.05) is 11.6 Å². The van der Waals surface area contributed by atoms with Crippen molar-refractivity contribution in [3.63, 3.8) is 0 Å². The zero-order chi connectivity index (χ0) is 12.3. The first kappa shape index (κ1) is 12.9. The van der Waals surface area contributed by atoms with Gasteiger partial charge in [0.2, 0.25) is 5.91 Å². The average Bonchev–Trinajstić information content (AvgIpc) is 2.35. The molecule has 2 rings (SSSR count). The minimum absolute atomic E-state index is 0.0678. The van der Waals surface area contributed by atoms with Crippen LogP contribution in [0.3, 0.4) is 0 Å². The van der Waals surface area contributed by atoms with Crippen LogP contribution in [0, 0.1) is 5.92 Å². The molecule has 0 aliphatic carbocycles. The zero-order valence-electron chi connectivity index (χ0n) is 9.30. The highest BCUT2D eigenvalue weighted by atomic mass is 79.9. The number of benzene rings is 1. The van der Waals surface area contributed by atoms with E-state index in [2.05, 4.69) is 26.6 Å². The number of hydrogen-bond acceptors (Lipinski definition) is 2. The van der Waals surface area contributed by atoms with Crippen molar-refractivity contribution in [1.29, 1.82) is 0 Å². The number of carbonyl (C=O) groups is 1. The van der Waals surface area contributed by atoms with Crippen molar-refractivity contribution in [3.8, 4) is 0 Å². The van der Waals surface area contributed by atoms with E-state index in [1.54, 1.807) is 12.1 Å². The van der Waals surface area contributed by atoms with Gasteiger partial charge in [0.15, 0.2) is 0 Å². The summed E-state index contributed by atoms with van der Waals surface area (Å²) < 4.78 is 0.790. The van der Waals surface area contributed by atoms with Crippen LogP contribution in [0.25, 0.3) is 0 Å². The topological polar surface area (TPSA) is 41.1 Å². The van der Waals surface area contributed by atoms with Crippen LogP contribution in [0.1, 0.15) is 12.8 Å². The Bertz CT molecular complexity index is 419. The Morgan fingerprint density at radius 1 is 1.53 bits per heavy atom. The van der Waals surface area contributed by atoms with Crippen LogP contribution in [-0.4, -0.2) is 19.0 Å². The highest BCUT2D eigenvalue weighted by Crippen LogP contribution is 2.26. The third-order valence-electron chi connectivity index (χ3n) is 2.85. The maximum absolute atomic E-state index is 12.0. The molecule has 0 unspecified atom stereocenters. The summed E-state index contributed by atoms with van der Waals surface area (Å²) in [6.45, 7) is 1.77. The van der Waals surface area contributed by atoms with Gasteiger partial charge in [-0.2, -0.15) is 0 Å². The van der Waals surface area contributed by atoms with Gasteiger partial charge in [-0.05, 0) is 53.5 Å². The molecular formula is C12H14BrClN2O. The van der Waals surface area contributed by atoms with E-state index in [4.69, 9.17) is 11.6 Å². The second-order valence-electron chi connectivity index (χ2n) is 4.16. The number of halogens is 2. The van der Waals surface area contributed by atoms with E-state index < -0.39 is 0 Å². The lowest BCUT2D eigenvalue weighted by Crippen LogP contribution is -2.37. The van der Waals surface area contributed by atoms with E-state index in [9.17, 15) is 4.79 Å². The second kappa shape index (κ2) is 5.85. The molecule has 0 radical (unpaired) electrons. The second-order valence-corrected chi connectivity index (χ2v) is 5.42. The monoisotopic (exact) mass is 316 g/mol. The fourth-order valence-electron chi connectivity index (χ4n) is 1.89. The Labute approximate surface area is 114 Å². The number of rotatable bonds is 2. The molecule has 1 amide bonds. The van der Waals surface area contributed by atoms with Crippen molar-refractivity contribution in [2.75, 3.05) is 18.4 Å². The maximum Gasteiger partial charge on any atom is 0.228 e. The van der Waals surface area contributed by atoms with Gasteiger partial charge in [0.05, 0.1) is 10.9 Å². The Morgan fingerprint density at radius 3 is 3.00 bits per heavy atom. The zero-order valence-corrected chi connectivity index (χ0v) is 11.6. The molecule has 1 fully saturated rings. The maximum atomic E-state index is 12.0. The molecule has 1 saturated heterocycles. The Morgan fingerprint density at radius 2 is 2.35 bits per heavy atom. The molecule has 0 aromatic heterocycles. The Kier molecular flexibility index (Phi) is 4.42. The van der Waals surface area contributed by atoms with Gasteiger partial charge in [0, 0.05) is 16.7 Å². The van der Waals surface area contributed by atoms with Crippen LogP contribution in [0.5, 0.6) is 0 Å². The Hall–Kier alpha value is -0.580. The molecule has 1 atom stereocenters. The predicted molar refractivity (Wildman–Crippen MR) is 73.4 cm³/mol. The van der Waals surface area contributed by atoms with E-state index in [1.165, 1.54) is 0 Å². The smallest absolute Gasteiger partial charge is 0.228 e.